The van der Waals surface area contributed by atoms with E-state index in [-0.39, 0.29) is 0 Å². The number of aliphatic hydroxyl groups excluding tert-OH is 1. The van der Waals surface area contributed by atoms with Gasteiger partial charge in [-0.15, -0.1) is 0 Å². The third-order valence-electron chi connectivity index (χ3n) is 8.21. The van der Waals surface area contributed by atoms with E-state index in [1.807, 2.05) is 6.92 Å². The maximum atomic E-state index is 9.36. The number of hydrogen-bond acceptors (Lipinski definition) is 5. The molecule has 0 bridgehead atoms. The van der Waals surface area contributed by atoms with Crippen LogP contribution < -0.4 is 5.32 Å². The number of aromatic nitrogens is 3. The van der Waals surface area contributed by atoms with Crippen molar-refractivity contribution >= 4 is 16.9 Å². The predicted octanol–water partition coefficient (Wildman–Crippen LogP) is 5.08. The van der Waals surface area contributed by atoms with E-state index in [9.17, 15) is 5.11 Å². The highest BCUT2D eigenvalue weighted by atomic mass is 16.3. The Hall–Kier alpha value is -2.44. The van der Waals surface area contributed by atoms with E-state index >= 15 is 0 Å². The molecule has 1 aliphatic carbocycles. The second-order valence-electron chi connectivity index (χ2n) is 11.0. The fourth-order valence-electron chi connectivity index (χ4n) is 6.03. The van der Waals surface area contributed by atoms with Crippen LogP contribution in [-0.2, 0) is 6.54 Å². The van der Waals surface area contributed by atoms with Crippen molar-refractivity contribution in [1.29, 1.82) is 0 Å². The van der Waals surface area contributed by atoms with Gasteiger partial charge in [0.05, 0.1) is 6.54 Å². The van der Waals surface area contributed by atoms with Gasteiger partial charge < -0.3 is 19.9 Å². The molecular weight excluding hydrogens is 434 g/mol. The number of fused-ring (bicyclic) bond motifs is 1. The van der Waals surface area contributed by atoms with Crippen molar-refractivity contribution < 1.29 is 5.11 Å². The Balaban J connectivity index is 1.13. The first-order valence-corrected chi connectivity index (χ1v) is 13.5. The molecule has 1 saturated carbocycles. The van der Waals surface area contributed by atoms with Gasteiger partial charge in [0.15, 0.2) is 5.65 Å². The van der Waals surface area contributed by atoms with Crippen LogP contribution in [0.25, 0.3) is 11.2 Å². The fourth-order valence-corrected chi connectivity index (χ4v) is 6.03. The SMILES string of the molecule is Cc1cc(C)c2nc(C)n(Cc3ccc(N[C@H]4CC[C@@H](CN5CCC(CO)CC5)CC4)cc3)c2n1. The van der Waals surface area contributed by atoms with E-state index in [1.165, 1.54) is 62.1 Å². The molecule has 1 aliphatic heterocycles. The molecule has 0 unspecified atom stereocenters. The number of aliphatic hydroxyl groups is 1. The molecule has 0 spiro atoms. The zero-order chi connectivity index (χ0) is 24.4. The van der Waals surface area contributed by atoms with Gasteiger partial charge in [-0.05, 0) is 114 Å². The summed E-state index contributed by atoms with van der Waals surface area (Å²) in [5, 5.41) is 13.1. The van der Waals surface area contributed by atoms with E-state index in [0.717, 1.165) is 48.0 Å². The average Bonchev–Trinajstić information content (AvgIpc) is 3.17. The van der Waals surface area contributed by atoms with Gasteiger partial charge in [0.25, 0.3) is 0 Å². The number of anilines is 1. The van der Waals surface area contributed by atoms with Crippen LogP contribution in [0.2, 0.25) is 0 Å². The molecule has 2 fully saturated rings. The van der Waals surface area contributed by atoms with Gasteiger partial charge >= 0.3 is 0 Å². The number of likely N-dealkylation sites (tertiary alicyclic amines) is 1. The molecule has 188 valence electrons. The molecular formula is C29H41N5O. The summed E-state index contributed by atoms with van der Waals surface area (Å²) in [5.74, 6) is 2.37. The molecule has 1 aromatic carbocycles. The summed E-state index contributed by atoms with van der Waals surface area (Å²) in [6.45, 7) is 11.0. The standard InChI is InChI=1S/C29H41N5O/c1-20-16-21(2)30-29-28(20)31-22(3)34(29)18-24-6-10-27(11-7-24)32-26-8-4-23(5-9-26)17-33-14-12-25(19-35)13-15-33/h6-7,10-11,16,23,25-26,32,35H,4-5,8-9,12-15,17-19H2,1-3H3/t23-,26+. The van der Waals surface area contributed by atoms with Gasteiger partial charge in [0, 0.05) is 30.6 Å². The number of benzene rings is 1. The van der Waals surface area contributed by atoms with E-state index in [1.54, 1.807) is 0 Å². The highest BCUT2D eigenvalue weighted by Gasteiger charge is 2.25. The predicted molar refractivity (Wildman–Crippen MR) is 143 cm³/mol. The topological polar surface area (TPSA) is 66.2 Å². The van der Waals surface area contributed by atoms with Crippen LogP contribution in [-0.4, -0.2) is 56.8 Å². The minimum atomic E-state index is 0.363. The maximum absolute atomic E-state index is 9.36. The Morgan fingerprint density at radius 1 is 0.914 bits per heavy atom. The Labute approximate surface area is 209 Å². The first-order chi connectivity index (χ1) is 17.0. The molecule has 0 amide bonds. The lowest BCUT2D eigenvalue weighted by Crippen LogP contribution is -2.39. The summed E-state index contributed by atoms with van der Waals surface area (Å²) in [6, 6.07) is 11.6. The van der Waals surface area contributed by atoms with E-state index in [4.69, 9.17) is 9.97 Å². The average molecular weight is 476 g/mol. The molecule has 3 aromatic rings. The Bertz CT molecular complexity index is 1120. The fraction of sp³-hybridized carbons (Fsp3) is 0.586. The number of piperidine rings is 1. The number of nitrogens with zero attached hydrogens (tertiary/aromatic N) is 4. The molecule has 2 aromatic heterocycles. The number of nitrogens with one attached hydrogen (secondary N) is 1. The molecule has 35 heavy (non-hydrogen) atoms. The summed E-state index contributed by atoms with van der Waals surface area (Å²) in [5.41, 5.74) is 6.72. The Morgan fingerprint density at radius 3 is 2.31 bits per heavy atom. The van der Waals surface area contributed by atoms with E-state index in [0.29, 0.717) is 18.6 Å². The van der Waals surface area contributed by atoms with Crippen molar-refractivity contribution in [2.45, 2.75) is 71.9 Å². The van der Waals surface area contributed by atoms with Crippen LogP contribution in [0.15, 0.2) is 30.3 Å². The van der Waals surface area contributed by atoms with Crippen LogP contribution in [0.3, 0.4) is 0 Å². The molecule has 2 N–H and O–H groups in total. The molecule has 6 nitrogen and oxygen atoms in total. The quantitative estimate of drug-likeness (QED) is 0.499. The normalized spacial score (nSPS) is 22.1. The molecule has 2 aliphatic rings. The van der Waals surface area contributed by atoms with Crippen LogP contribution >= 0.6 is 0 Å². The summed E-state index contributed by atoms with van der Waals surface area (Å²) in [4.78, 5) is 12.2. The van der Waals surface area contributed by atoms with E-state index in [2.05, 4.69) is 59.0 Å². The highest BCUT2D eigenvalue weighted by Crippen LogP contribution is 2.29. The van der Waals surface area contributed by atoms with Crippen LogP contribution in [0.5, 0.6) is 0 Å². The van der Waals surface area contributed by atoms with Crippen LogP contribution in [0, 0.1) is 32.6 Å². The number of imidazole rings is 1. The third kappa shape index (κ3) is 5.70. The van der Waals surface area contributed by atoms with Crippen LogP contribution in [0.1, 0.15) is 61.2 Å². The highest BCUT2D eigenvalue weighted by molar-refractivity contribution is 5.76. The minimum absolute atomic E-state index is 0.363. The third-order valence-corrected chi connectivity index (χ3v) is 8.21. The van der Waals surface area contributed by atoms with Gasteiger partial charge in [-0.3, -0.25) is 0 Å². The second kappa shape index (κ2) is 10.7. The first kappa shape index (κ1) is 24.3. The molecule has 5 rings (SSSR count). The first-order valence-electron chi connectivity index (χ1n) is 13.5. The zero-order valence-corrected chi connectivity index (χ0v) is 21.6. The Morgan fingerprint density at radius 2 is 1.63 bits per heavy atom. The smallest absolute Gasteiger partial charge is 0.160 e. The lowest BCUT2D eigenvalue weighted by atomic mass is 9.85. The molecule has 0 radical (unpaired) electrons. The number of rotatable bonds is 7. The van der Waals surface area contributed by atoms with Crippen molar-refractivity contribution in [1.82, 2.24) is 19.4 Å². The largest absolute Gasteiger partial charge is 0.396 e. The molecule has 1 saturated heterocycles. The number of pyridine rings is 1. The molecule has 0 atom stereocenters. The monoisotopic (exact) mass is 475 g/mol. The van der Waals surface area contributed by atoms with Crippen molar-refractivity contribution in [3.05, 3.63) is 53.0 Å². The van der Waals surface area contributed by atoms with Crippen molar-refractivity contribution in [3.63, 3.8) is 0 Å². The van der Waals surface area contributed by atoms with Gasteiger partial charge in [-0.25, -0.2) is 9.97 Å². The molecule has 3 heterocycles. The van der Waals surface area contributed by atoms with Crippen molar-refractivity contribution in [2.24, 2.45) is 11.8 Å². The molecule has 6 heteroatoms. The van der Waals surface area contributed by atoms with Gasteiger partial charge in [0.2, 0.25) is 0 Å². The summed E-state index contributed by atoms with van der Waals surface area (Å²) in [7, 11) is 0. The van der Waals surface area contributed by atoms with Gasteiger partial charge in [-0.2, -0.15) is 0 Å². The summed E-state index contributed by atoms with van der Waals surface area (Å²) >= 11 is 0. The lowest BCUT2D eigenvalue weighted by molar-refractivity contribution is 0.111. The van der Waals surface area contributed by atoms with Crippen LogP contribution in [0.4, 0.5) is 5.69 Å². The van der Waals surface area contributed by atoms with E-state index < -0.39 is 0 Å². The zero-order valence-electron chi connectivity index (χ0n) is 21.6. The maximum Gasteiger partial charge on any atom is 0.160 e. The van der Waals surface area contributed by atoms with Gasteiger partial charge in [0.1, 0.15) is 11.3 Å². The summed E-state index contributed by atoms with van der Waals surface area (Å²) in [6.07, 6.45) is 7.46. The second-order valence-corrected chi connectivity index (χ2v) is 11.0. The number of aryl methyl sites for hydroxylation is 3. The minimum Gasteiger partial charge on any atom is -0.396 e. The summed E-state index contributed by atoms with van der Waals surface area (Å²) < 4.78 is 2.23. The lowest BCUT2D eigenvalue weighted by Gasteiger charge is -2.36. The van der Waals surface area contributed by atoms with Crippen molar-refractivity contribution in [2.75, 3.05) is 31.6 Å². The number of hydrogen-bond donors (Lipinski definition) is 2. The Kier molecular flexibility index (Phi) is 7.40. The van der Waals surface area contributed by atoms with Crippen molar-refractivity contribution in [3.8, 4) is 0 Å². The van der Waals surface area contributed by atoms with Gasteiger partial charge in [-0.1, -0.05) is 12.1 Å².